The first kappa shape index (κ1) is 15.0. The number of nitrogens with one attached hydrogen (secondary N) is 1. The van der Waals surface area contributed by atoms with E-state index in [0.29, 0.717) is 23.9 Å². The highest BCUT2D eigenvalue weighted by molar-refractivity contribution is 7.89. The Morgan fingerprint density at radius 2 is 2.15 bits per heavy atom. The van der Waals surface area contributed by atoms with Gasteiger partial charge in [-0.25, -0.2) is 13.1 Å². The number of hydrogen-bond acceptors (Lipinski definition) is 3. The standard InChI is InChI=1S/C15H20N2O2S/c1-11-5-6-15(13(8-11)4-3-7-16)20(18,19)17-10-14-9-12(14)2/h5-6,8,12,14,17H,7,9-10,16H2,1-2H3. The summed E-state index contributed by atoms with van der Waals surface area (Å²) in [7, 11) is -3.51. The van der Waals surface area contributed by atoms with E-state index in [-0.39, 0.29) is 11.4 Å². The molecule has 1 fully saturated rings. The van der Waals surface area contributed by atoms with Gasteiger partial charge in [0.25, 0.3) is 0 Å². The molecule has 0 heterocycles. The summed E-state index contributed by atoms with van der Waals surface area (Å²) in [6, 6.07) is 5.16. The fraction of sp³-hybridized carbons (Fsp3) is 0.467. The minimum absolute atomic E-state index is 0.209. The van der Waals surface area contributed by atoms with Crippen molar-refractivity contribution < 1.29 is 8.42 Å². The molecule has 2 rings (SSSR count). The SMILES string of the molecule is Cc1ccc(S(=O)(=O)NCC2CC2C)c(C#CCN)c1. The smallest absolute Gasteiger partial charge is 0.241 e. The zero-order chi connectivity index (χ0) is 14.8. The second-order valence-electron chi connectivity index (χ2n) is 5.33. The van der Waals surface area contributed by atoms with Gasteiger partial charge in [0.15, 0.2) is 0 Å². The molecule has 1 saturated carbocycles. The van der Waals surface area contributed by atoms with Crippen LogP contribution in [0.3, 0.4) is 0 Å². The predicted molar refractivity (Wildman–Crippen MR) is 79.6 cm³/mol. The van der Waals surface area contributed by atoms with Gasteiger partial charge in [-0.3, -0.25) is 0 Å². The van der Waals surface area contributed by atoms with Gasteiger partial charge < -0.3 is 5.73 Å². The maximum atomic E-state index is 12.4. The molecule has 0 aliphatic heterocycles. The predicted octanol–water partition coefficient (Wildman–Crippen LogP) is 1.24. The van der Waals surface area contributed by atoms with Crippen molar-refractivity contribution in [3.8, 4) is 11.8 Å². The molecule has 0 spiro atoms. The van der Waals surface area contributed by atoms with Crippen LogP contribution in [0.2, 0.25) is 0 Å². The van der Waals surface area contributed by atoms with Gasteiger partial charge in [-0.05, 0) is 42.9 Å². The maximum absolute atomic E-state index is 12.4. The highest BCUT2D eigenvalue weighted by Gasteiger charge is 2.33. The second kappa shape index (κ2) is 5.96. The molecule has 3 N–H and O–H groups in total. The maximum Gasteiger partial charge on any atom is 0.241 e. The van der Waals surface area contributed by atoms with E-state index in [4.69, 9.17) is 5.73 Å². The first-order valence-corrected chi connectivity index (χ1v) is 8.21. The quantitative estimate of drug-likeness (QED) is 0.820. The van der Waals surface area contributed by atoms with Gasteiger partial charge in [-0.2, -0.15) is 0 Å². The summed E-state index contributed by atoms with van der Waals surface area (Å²) < 4.78 is 27.4. The second-order valence-corrected chi connectivity index (χ2v) is 7.07. The molecule has 20 heavy (non-hydrogen) atoms. The Balaban J connectivity index is 2.25. The monoisotopic (exact) mass is 292 g/mol. The van der Waals surface area contributed by atoms with Crippen molar-refractivity contribution in [2.24, 2.45) is 17.6 Å². The van der Waals surface area contributed by atoms with Crippen LogP contribution in [0.15, 0.2) is 23.1 Å². The largest absolute Gasteiger partial charge is 0.320 e. The lowest BCUT2D eigenvalue weighted by atomic mass is 10.1. The summed E-state index contributed by atoms with van der Waals surface area (Å²) >= 11 is 0. The van der Waals surface area contributed by atoms with E-state index in [1.807, 2.05) is 6.92 Å². The average molecular weight is 292 g/mol. The van der Waals surface area contributed by atoms with Gasteiger partial charge in [0.05, 0.1) is 11.4 Å². The van der Waals surface area contributed by atoms with Crippen LogP contribution < -0.4 is 10.5 Å². The molecule has 0 bridgehead atoms. The number of aryl methyl sites for hydroxylation is 1. The van der Waals surface area contributed by atoms with Gasteiger partial charge in [0, 0.05) is 12.1 Å². The molecule has 0 radical (unpaired) electrons. The van der Waals surface area contributed by atoms with Crippen molar-refractivity contribution in [3.05, 3.63) is 29.3 Å². The molecule has 1 aliphatic rings. The molecule has 2 atom stereocenters. The highest BCUT2D eigenvalue weighted by atomic mass is 32.2. The first-order chi connectivity index (χ1) is 9.44. The summed E-state index contributed by atoms with van der Waals surface area (Å²) in [6.07, 6.45) is 1.09. The molecule has 108 valence electrons. The summed E-state index contributed by atoms with van der Waals surface area (Å²) in [4.78, 5) is 0.234. The molecule has 4 nitrogen and oxygen atoms in total. The van der Waals surface area contributed by atoms with Gasteiger partial charge in [-0.1, -0.05) is 24.8 Å². The molecule has 0 aromatic heterocycles. The van der Waals surface area contributed by atoms with Gasteiger partial charge >= 0.3 is 0 Å². The average Bonchev–Trinajstić information content (AvgIpc) is 3.10. The van der Waals surface area contributed by atoms with Crippen LogP contribution in [0.1, 0.15) is 24.5 Å². The van der Waals surface area contributed by atoms with Gasteiger partial charge in [0.1, 0.15) is 0 Å². The van der Waals surface area contributed by atoms with Crippen molar-refractivity contribution in [1.82, 2.24) is 4.72 Å². The molecular weight excluding hydrogens is 272 g/mol. The first-order valence-electron chi connectivity index (χ1n) is 6.73. The van der Waals surface area contributed by atoms with E-state index >= 15 is 0 Å². The third-order valence-corrected chi connectivity index (χ3v) is 5.04. The Bertz CT molecular complexity index is 656. The molecular formula is C15H20N2O2S. The van der Waals surface area contributed by atoms with E-state index < -0.39 is 10.0 Å². The van der Waals surface area contributed by atoms with Crippen molar-refractivity contribution in [1.29, 1.82) is 0 Å². The molecule has 1 aromatic rings. The molecule has 0 amide bonds. The van der Waals surface area contributed by atoms with Crippen LogP contribution >= 0.6 is 0 Å². The molecule has 1 aliphatic carbocycles. The van der Waals surface area contributed by atoms with Gasteiger partial charge in [-0.15, -0.1) is 0 Å². The van der Waals surface area contributed by atoms with Crippen molar-refractivity contribution in [2.75, 3.05) is 13.1 Å². The fourth-order valence-corrected chi connectivity index (χ4v) is 3.34. The highest BCUT2D eigenvalue weighted by Crippen LogP contribution is 2.37. The van der Waals surface area contributed by atoms with Gasteiger partial charge in [0.2, 0.25) is 10.0 Å². The lowest BCUT2D eigenvalue weighted by molar-refractivity contribution is 0.574. The third-order valence-electron chi connectivity index (χ3n) is 3.56. The molecule has 2 unspecified atom stereocenters. The number of hydrogen-bond donors (Lipinski definition) is 2. The normalized spacial score (nSPS) is 21.1. The number of rotatable bonds is 4. The summed E-state index contributed by atoms with van der Waals surface area (Å²) in [5.74, 6) is 6.64. The Kier molecular flexibility index (Phi) is 4.48. The zero-order valence-electron chi connectivity index (χ0n) is 11.8. The van der Waals surface area contributed by atoms with Crippen molar-refractivity contribution >= 4 is 10.0 Å². The van der Waals surface area contributed by atoms with Crippen LogP contribution in [-0.4, -0.2) is 21.5 Å². The summed E-state index contributed by atoms with van der Waals surface area (Å²) in [5.41, 5.74) is 6.84. The Morgan fingerprint density at radius 1 is 1.45 bits per heavy atom. The van der Waals surface area contributed by atoms with Crippen LogP contribution in [0.4, 0.5) is 0 Å². The lowest BCUT2D eigenvalue weighted by Gasteiger charge is -2.09. The summed E-state index contributed by atoms with van der Waals surface area (Å²) in [5, 5.41) is 0. The van der Waals surface area contributed by atoms with E-state index in [1.54, 1.807) is 18.2 Å². The Labute approximate surface area is 120 Å². The van der Waals surface area contributed by atoms with Crippen molar-refractivity contribution in [2.45, 2.75) is 25.2 Å². The topological polar surface area (TPSA) is 72.2 Å². The van der Waals surface area contributed by atoms with Crippen LogP contribution in [0.5, 0.6) is 0 Å². The zero-order valence-corrected chi connectivity index (χ0v) is 12.6. The van der Waals surface area contributed by atoms with Crippen LogP contribution in [0.25, 0.3) is 0 Å². The number of benzene rings is 1. The lowest BCUT2D eigenvalue weighted by Crippen LogP contribution is -2.27. The third kappa shape index (κ3) is 3.60. The molecule has 1 aromatic carbocycles. The number of sulfonamides is 1. The van der Waals surface area contributed by atoms with E-state index in [2.05, 4.69) is 23.5 Å². The molecule has 5 heteroatoms. The Hall–Kier alpha value is -1.35. The number of nitrogens with two attached hydrogens (primary N) is 1. The van der Waals surface area contributed by atoms with Crippen LogP contribution in [-0.2, 0) is 10.0 Å². The van der Waals surface area contributed by atoms with Crippen LogP contribution in [0, 0.1) is 30.6 Å². The van der Waals surface area contributed by atoms with Crippen molar-refractivity contribution in [3.63, 3.8) is 0 Å². The van der Waals surface area contributed by atoms with E-state index in [0.717, 1.165) is 12.0 Å². The Morgan fingerprint density at radius 3 is 2.75 bits per heavy atom. The summed E-state index contributed by atoms with van der Waals surface area (Å²) in [6.45, 7) is 4.74. The van der Waals surface area contributed by atoms with E-state index in [9.17, 15) is 8.42 Å². The van der Waals surface area contributed by atoms with E-state index in [1.165, 1.54) is 0 Å². The fourth-order valence-electron chi connectivity index (χ4n) is 2.10. The molecule has 0 saturated heterocycles. The minimum Gasteiger partial charge on any atom is -0.320 e. The minimum atomic E-state index is -3.51.